The summed E-state index contributed by atoms with van der Waals surface area (Å²) in [4.78, 5) is 2.60. The fraction of sp³-hybridized carbons (Fsp3) is 1.00. The van der Waals surface area contributed by atoms with E-state index in [0.29, 0.717) is 6.04 Å². The lowest BCUT2D eigenvalue weighted by Gasteiger charge is -2.32. The van der Waals surface area contributed by atoms with E-state index < -0.39 is 0 Å². The van der Waals surface area contributed by atoms with Gasteiger partial charge in [-0.2, -0.15) is 0 Å². The average molecular weight is 168 g/mol. The van der Waals surface area contributed by atoms with E-state index in [9.17, 15) is 0 Å². The maximum absolute atomic E-state index is 3.68. The summed E-state index contributed by atoms with van der Waals surface area (Å²) in [5.41, 5.74) is 0. The van der Waals surface area contributed by atoms with Gasteiger partial charge in [0.05, 0.1) is 0 Å². The molecule has 2 nitrogen and oxygen atoms in total. The van der Waals surface area contributed by atoms with E-state index in [0.717, 1.165) is 12.0 Å². The fourth-order valence-electron chi connectivity index (χ4n) is 2.60. The number of piperidine rings is 1. The van der Waals surface area contributed by atoms with Crippen molar-refractivity contribution in [2.75, 3.05) is 19.6 Å². The van der Waals surface area contributed by atoms with Gasteiger partial charge in [0.15, 0.2) is 0 Å². The summed E-state index contributed by atoms with van der Waals surface area (Å²) in [7, 11) is 0. The lowest BCUT2D eigenvalue weighted by molar-refractivity contribution is 0.214. The van der Waals surface area contributed by atoms with Gasteiger partial charge in [-0.25, -0.2) is 0 Å². The molecule has 0 aliphatic carbocycles. The van der Waals surface area contributed by atoms with E-state index >= 15 is 0 Å². The Morgan fingerprint density at radius 3 is 2.75 bits per heavy atom. The summed E-state index contributed by atoms with van der Waals surface area (Å²) in [5.74, 6) is 0.946. The molecular formula is C10H20N2. The Morgan fingerprint density at radius 2 is 2.00 bits per heavy atom. The highest BCUT2D eigenvalue weighted by Crippen LogP contribution is 2.27. The van der Waals surface area contributed by atoms with E-state index in [1.807, 2.05) is 0 Å². The van der Waals surface area contributed by atoms with Gasteiger partial charge in [-0.1, -0.05) is 13.8 Å². The van der Waals surface area contributed by atoms with Crippen LogP contribution in [0.4, 0.5) is 0 Å². The Hall–Kier alpha value is -0.0800. The minimum Gasteiger partial charge on any atom is -0.311 e. The third-order valence-corrected chi connectivity index (χ3v) is 3.18. The van der Waals surface area contributed by atoms with Gasteiger partial charge in [-0.15, -0.1) is 0 Å². The van der Waals surface area contributed by atoms with Gasteiger partial charge in [-0.05, 0) is 31.8 Å². The molecule has 2 fully saturated rings. The van der Waals surface area contributed by atoms with E-state index in [-0.39, 0.29) is 0 Å². The van der Waals surface area contributed by atoms with Crippen molar-refractivity contribution in [1.82, 2.24) is 10.2 Å². The zero-order chi connectivity index (χ0) is 8.55. The average Bonchev–Trinajstić information content (AvgIpc) is 2.39. The summed E-state index contributed by atoms with van der Waals surface area (Å²) in [6.45, 7) is 8.52. The molecule has 0 amide bonds. The predicted molar refractivity (Wildman–Crippen MR) is 51.2 cm³/mol. The van der Waals surface area contributed by atoms with Gasteiger partial charge >= 0.3 is 0 Å². The SMILES string of the molecule is CC(C)NC1CCN2CCC1C2. The molecule has 0 saturated carbocycles. The Kier molecular flexibility index (Phi) is 2.37. The highest BCUT2D eigenvalue weighted by molar-refractivity contribution is 4.91. The van der Waals surface area contributed by atoms with Crippen molar-refractivity contribution in [3.63, 3.8) is 0 Å². The summed E-state index contributed by atoms with van der Waals surface area (Å²) in [6, 6.07) is 1.46. The molecule has 2 rings (SSSR count). The van der Waals surface area contributed by atoms with Gasteiger partial charge in [-0.3, -0.25) is 0 Å². The van der Waals surface area contributed by atoms with Crippen LogP contribution in [0.15, 0.2) is 0 Å². The molecule has 70 valence electrons. The lowest BCUT2D eigenvalue weighted by Crippen LogP contribution is -2.46. The molecule has 2 heterocycles. The van der Waals surface area contributed by atoms with Gasteiger partial charge in [0, 0.05) is 18.6 Å². The van der Waals surface area contributed by atoms with Crippen molar-refractivity contribution in [3.8, 4) is 0 Å². The standard InChI is InChI=1S/C10H20N2/c1-8(2)11-10-4-6-12-5-3-9(10)7-12/h8-11H,3-7H2,1-2H3. The van der Waals surface area contributed by atoms with Gasteiger partial charge in [0.1, 0.15) is 0 Å². The number of nitrogens with one attached hydrogen (secondary N) is 1. The Bertz CT molecular complexity index is 156. The number of fused-ring (bicyclic) bond motifs is 2. The first-order valence-electron chi connectivity index (χ1n) is 5.24. The van der Waals surface area contributed by atoms with Crippen LogP contribution in [0.3, 0.4) is 0 Å². The normalized spacial score (nSPS) is 40.8. The van der Waals surface area contributed by atoms with Crippen molar-refractivity contribution >= 4 is 0 Å². The molecule has 0 aromatic carbocycles. The van der Waals surface area contributed by atoms with E-state index in [2.05, 4.69) is 24.1 Å². The molecule has 3 unspecified atom stereocenters. The highest BCUT2D eigenvalue weighted by atomic mass is 15.2. The van der Waals surface area contributed by atoms with Crippen LogP contribution in [0, 0.1) is 5.92 Å². The van der Waals surface area contributed by atoms with Crippen LogP contribution in [-0.2, 0) is 0 Å². The second kappa shape index (κ2) is 3.35. The van der Waals surface area contributed by atoms with Gasteiger partial charge < -0.3 is 10.2 Å². The van der Waals surface area contributed by atoms with Crippen LogP contribution in [0.2, 0.25) is 0 Å². The number of hydrogen-bond donors (Lipinski definition) is 1. The fourth-order valence-corrected chi connectivity index (χ4v) is 2.60. The number of hydrogen-bond acceptors (Lipinski definition) is 2. The number of rotatable bonds is 2. The Morgan fingerprint density at radius 1 is 1.25 bits per heavy atom. The molecule has 0 aromatic rings. The first-order chi connectivity index (χ1) is 5.75. The zero-order valence-electron chi connectivity index (χ0n) is 8.21. The molecule has 0 spiro atoms. The van der Waals surface area contributed by atoms with Crippen LogP contribution in [0.5, 0.6) is 0 Å². The minimum absolute atomic E-state index is 0.655. The van der Waals surface area contributed by atoms with Crippen molar-refractivity contribution in [2.45, 2.75) is 38.8 Å². The predicted octanol–water partition coefficient (Wildman–Crippen LogP) is 1.08. The maximum Gasteiger partial charge on any atom is 0.0122 e. The summed E-state index contributed by atoms with van der Waals surface area (Å²) >= 11 is 0. The highest BCUT2D eigenvalue weighted by Gasteiger charge is 2.33. The molecule has 2 saturated heterocycles. The van der Waals surface area contributed by atoms with Crippen molar-refractivity contribution < 1.29 is 0 Å². The molecule has 2 aliphatic rings. The third-order valence-electron chi connectivity index (χ3n) is 3.18. The van der Waals surface area contributed by atoms with E-state index in [1.54, 1.807) is 0 Å². The minimum atomic E-state index is 0.655. The summed E-state index contributed by atoms with van der Waals surface area (Å²) < 4.78 is 0. The molecule has 2 bridgehead atoms. The molecule has 0 aromatic heterocycles. The zero-order valence-corrected chi connectivity index (χ0v) is 8.21. The molecule has 2 aliphatic heterocycles. The van der Waals surface area contributed by atoms with Crippen LogP contribution >= 0.6 is 0 Å². The van der Waals surface area contributed by atoms with Crippen LogP contribution in [-0.4, -0.2) is 36.6 Å². The van der Waals surface area contributed by atoms with Crippen molar-refractivity contribution in [1.29, 1.82) is 0 Å². The topological polar surface area (TPSA) is 15.3 Å². The molecule has 3 atom stereocenters. The summed E-state index contributed by atoms with van der Waals surface area (Å²) in [5, 5.41) is 3.68. The van der Waals surface area contributed by atoms with E-state index in [4.69, 9.17) is 0 Å². The van der Waals surface area contributed by atoms with E-state index in [1.165, 1.54) is 32.5 Å². The molecule has 2 heteroatoms. The third kappa shape index (κ3) is 1.64. The van der Waals surface area contributed by atoms with Crippen molar-refractivity contribution in [3.05, 3.63) is 0 Å². The first-order valence-corrected chi connectivity index (χ1v) is 5.24. The van der Waals surface area contributed by atoms with Crippen molar-refractivity contribution in [2.24, 2.45) is 5.92 Å². The van der Waals surface area contributed by atoms with Gasteiger partial charge in [0.25, 0.3) is 0 Å². The first kappa shape index (κ1) is 8.52. The second-order valence-electron chi connectivity index (χ2n) is 4.57. The second-order valence-corrected chi connectivity index (χ2v) is 4.57. The molecular weight excluding hydrogens is 148 g/mol. The quantitative estimate of drug-likeness (QED) is 0.663. The molecule has 12 heavy (non-hydrogen) atoms. The van der Waals surface area contributed by atoms with Gasteiger partial charge in [0.2, 0.25) is 0 Å². The Labute approximate surface area is 75.3 Å². The maximum atomic E-state index is 3.68. The monoisotopic (exact) mass is 168 g/mol. The largest absolute Gasteiger partial charge is 0.311 e. The number of nitrogens with zero attached hydrogens (tertiary/aromatic N) is 1. The smallest absolute Gasteiger partial charge is 0.0122 e. The lowest BCUT2D eigenvalue weighted by atomic mass is 9.94. The van der Waals surface area contributed by atoms with Crippen LogP contribution in [0.1, 0.15) is 26.7 Å². The molecule has 1 N–H and O–H groups in total. The molecule has 0 radical (unpaired) electrons. The van der Waals surface area contributed by atoms with Crippen LogP contribution in [0.25, 0.3) is 0 Å². The summed E-state index contributed by atoms with van der Waals surface area (Å²) in [6.07, 6.45) is 2.78. The Balaban J connectivity index is 1.89. The van der Waals surface area contributed by atoms with Crippen LogP contribution < -0.4 is 5.32 Å².